The van der Waals surface area contributed by atoms with Gasteiger partial charge in [-0.05, 0) is 47.9 Å². The molecule has 116 valence electrons. The van der Waals surface area contributed by atoms with E-state index in [0.29, 0.717) is 4.88 Å². The van der Waals surface area contributed by atoms with Gasteiger partial charge in [0, 0.05) is 4.90 Å². The van der Waals surface area contributed by atoms with Gasteiger partial charge < -0.3 is 10.4 Å². The number of aliphatic carboxylic acids is 1. The Balaban J connectivity index is 2.20. The highest BCUT2D eigenvalue weighted by Crippen LogP contribution is 2.23. The number of carboxylic acids is 1. The first-order valence-corrected chi connectivity index (χ1v) is 8.82. The van der Waals surface area contributed by atoms with Gasteiger partial charge in [0.05, 0.1) is 17.3 Å². The summed E-state index contributed by atoms with van der Waals surface area (Å²) < 4.78 is 0. The third-order valence-electron chi connectivity index (χ3n) is 3.27. The van der Waals surface area contributed by atoms with Crippen LogP contribution in [0.15, 0.2) is 40.6 Å². The zero-order chi connectivity index (χ0) is 16.1. The minimum absolute atomic E-state index is 0.144. The molecular formula is C16H17NO3S2. The standard InChI is InChI=1S/C16H17NO3S2/c1-10-7-8-22-15(10)16(20)17-13(9-14(18)19)11-3-5-12(21-2)6-4-11/h3-8,13H,9H2,1-2H3,(H,17,20)(H,18,19). The molecule has 2 rings (SSSR count). The third kappa shape index (κ3) is 4.11. The molecule has 4 nitrogen and oxygen atoms in total. The summed E-state index contributed by atoms with van der Waals surface area (Å²) in [6.07, 6.45) is 1.83. The molecule has 0 saturated heterocycles. The van der Waals surface area contributed by atoms with Crippen LogP contribution in [0.3, 0.4) is 0 Å². The second-order valence-electron chi connectivity index (χ2n) is 4.83. The Bertz CT molecular complexity index is 664. The molecule has 0 radical (unpaired) electrons. The number of amides is 1. The fourth-order valence-electron chi connectivity index (χ4n) is 2.09. The lowest BCUT2D eigenvalue weighted by molar-refractivity contribution is -0.137. The quantitative estimate of drug-likeness (QED) is 0.790. The molecule has 2 aromatic rings. The average Bonchev–Trinajstić information content (AvgIpc) is 2.92. The van der Waals surface area contributed by atoms with Crippen molar-refractivity contribution >= 4 is 35.0 Å². The zero-order valence-corrected chi connectivity index (χ0v) is 14.0. The highest BCUT2D eigenvalue weighted by atomic mass is 32.2. The van der Waals surface area contributed by atoms with Crippen LogP contribution in [0, 0.1) is 6.92 Å². The van der Waals surface area contributed by atoms with Gasteiger partial charge in [0.1, 0.15) is 0 Å². The molecule has 1 atom stereocenters. The number of carbonyl (C=O) groups is 2. The summed E-state index contributed by atoms with van der Waals surface area (Å²) in [5.74, 6) is -1.17. The minimum Gasteiger partial charge on any atom is -0.481 e. The maximum absolute atomic E-state index is 12.3. The van der Waals surface area contributed by atoms with Gasteiger partial charge in [-0.1, -0.05) is 12.1 Å². The van der Waals surface area contributed by atoms with Gasteiger partial charge in [0.25, 0.3) is 5.91 Å². The highest BCUT2D eigenvalue weighted by molar-refractivity contribution is 7.98. The molecule has 6 heteroatoms. The third-order valence-corrected chi connectivity index (χ3v) is 5.03. The van der Waals surface area contributed by atoms with E-state index in [4.69, 9.17) is 5.11 Å². The smallest absolute Gasteiger partial charge is 0.305 e. The van der Waals surface area contributed by atoms with Crippen molar-refractivity contribution < 1.29 is 14.7 Å². The second-order valence-corrected chi connectivity index (χ2v) is 6.63. The van der Waals surface area contributed by atoms with Crippen LogP contribution < -0.4 is 5.32 Å². The van der Waals surface area contributed by atoms with Crippen molar-refractivity contribution in [1.29, 1.82) is 0 Å². The maximum atomic E-state index is 12.3. The van der Waals surface area contributed by atoms with Gasteiger partial charge in [0.2, 0.25) is 0 Å². The van der Waals surface area contributed by atoms with Crippen molar-refractivity contribution in [3.8, 4) is 0 Å². The molecule has 0 aliphatic heterocycles. The van der Waals surface area contributed by atoms with E-state index < -0.39 is 12.0 Å². The summed E-state index contributed by atoms with van der Waals surface area (Å²) in [6, 6.07) is 8.91. The van der Waals surface area contributed by atoms with Gasteiger partial charge in [-0.2, -0.15) is 0 Å². The monoisotopic (exact) mass is 335 g/mol. The number of thiophene rings is 1. The van der Waals surface area contributed by atoms with E-state index in [0.717, 1.165) is 16.0 Å². The van der Waals surface area contributed by atoms with E-state index in [1.54, 1.807) is 11.8 Å². The lowest BCUT2D eigenvalue weighted by atomic mass is 10.0. The van der Waals surface area contributed by atoms with Crippen LogP contribution in [0.2, 0.25) is 0 Å². The molecule has 0 aliphatic rings. The van der Waals surface area contributed by atoms with Gasteiger partial charge in [0.15, 0.2) is 0 Å². The van der Waals surface area contributed by atoms with E-state index >= 15 is 0 Å². The van der Waals surface area contributed by atoms with Crippen LogP contribution >= 0.6 is 23.1 Å². The second kappa shape index (κ2) is 7.47. The topological polar surface area (TPSA) is 66.4 Å². The molecular weight excluding hydrogens is 318 g/mol. The normalized spacial score (nSPS) is 11.9. The molecule has 1 aromatic heterocycles. The van der Waals surface area contributed by atoms with Gasteiger partial charge in [-0.15, -0.1) is 23.1 Å². The average molecular weight is 335 g/mol. The van der Waals surface area contributed by atoms with Crippen LogP contribution in [0.25, 0.3) is 0 Å². The van der Waals surface area contributed by atoms with Crippen molar-refractivity contribution in [3.63, 3.8) is 0 Å². The molecule has 1 heterocycles. The summed E-state index contributed by atoms with van der Waals surface area (Å²) in [5, 5.41) is 13.8. The van der Waals surface area contributed by atoms with Crippen LogP contribution in [-0.2, 0) is 4.79 Å². The summed E-state index contributed by atoms with van der Waals surface area (Å²) in [6.45, 7) is 1.87. The van der Waals surface area contributed by atoms with Crippen molar-refractivity contribution in [2.45, 2.75) is 24.3 Å². The Hall–Kier alpha value is -1.79. The first kappa shape index (κ1) is 16.6. The molecule has 0 spiro atoms. The largest absolute Gasteiger partial charge is 0.481 e. The van der Waals surface area contributed by atoms with Gasteiger partial charge >= 0.3 is 5.97 Å². The molecule has 0 fully saturated rings. The van der Waals surface area contributed by atoms with Crippen molar-refractivity contribution in [3.05, 3.63) is 51.7 Å². The zero-order valence-electron chi connectivity index (χ0n) is 12.3. The Morgan fingerprint density at radius 2 is 1.95 bits per heavy atom. The maximum Gasteiger partial charge on any atom is 0.305 e. The van der Waals surface area contributed by atoms with E-state index in [1.165, 1.54) is 11.3 Å². The Morgan fingerprint density at radius 3 is 2.45 bits per heavy atom. The fraction of sp³-hybridized carbons (Fsp3) is 0.250. The minimum atomic E-state index is -0.942. The lowest BCUT2D eigenvalue weighted by Gasteiger charge is -2.17. The molecule has 22 heavy (non-hydrogen) atoms. The summed E-state index contributed by atoms with van der Waals surface area (Å²) in [5.41, 5.74) is 1.69. The van der Waals surface area contributed by atoms with Crippen LogP contribution in [0.4, 0.5) is 0 Å². The van der Waals surface area contributed by atoms with E-state index in [2.05, 4.69) is 5.32 Å². The van der Waals surface area contributed by atoms with E-state index in [-0.39, 0.29) is 12.3 Å². The fourth-order valence-corrected chi connectivity index (χ4v) is 3.33. The van der Waals surface area contributed by atoms with Crippen LogP contribution in [0.5, 0.6) is 0 Å². The molecule has 1 amide bonds. The predicted molar refractivity (Wildman–Crippen MR) is 89.7 cm³/mol. The number of benzene rings is 1. The van der Waals surface area contributed by atoms with Crippen molar-refractivity contribution in [2.24, 2.45) is 0 Å². The van der Waals surface area contributed by atoms with Gasteiger partial charge in [-0.3, -0.25) is 9.59 Å². The predicted octanol–water partition coefficient (Wildman–Crippen LogP) is 3.72. The number of hydrogen-bond donors (Lipinski definition) is 2. The number of carbonyl (C=O) groups excluding carboxylic acids is 1. The number of thioether (sulfide) groups is 1. The number of hydrogen-bond acceptors (Lipinski definition) is 4. The number of carboxylic acid groups (broad SMARTS) is 1. The van der Waals surface area contributed by atoms with Crippen LogP contribution in [-0.4, -0.2) is 23.2 Å². The first-order valence-electron chi connectivity index (χ1n) is 6.72. The number of aryl methyl sites for hydroxylation is 1. The van der Waals surface area contributed by atoms with Crippen LogP contribution in [0.1, 0.15) is 33.3 Å². The SMILES string of the molecule is CSc1ccc(C(CC(=O)O)NC(=O)c2sccc2C)cc1. The van der Waals surface area contributed by atoms with E-state index in [9.17, 15) is 9.59 Å². The summed E-state index contributed by atoms with van der Waals surface area (Å²) in [4.78, 5) is 25.1. The Kier molecular flexibility index (Phi) is 5.63. The van der Waals surface area contributed by atoms with Crippen molar-refractivity contribution in [1.82, 2.24) is 5.32 Å². The molecule has 1 unspecified atom stereocenters. The molecule has 0 bridgehead atoms. The van der Waals surface area contributed by atoms with Crippen molar-refractivity contribution in [2.75, 3.05) is 6.26 Å². The first-order chi connectivity index (χ1) is 10.5. The number of nitrogens with one attached hydrogen (secondary N) is 1. The Labute approximate surface area is 137 Å². The number of rotatable bonds is 6. The molecule has 0 saturated carbocycles. The summed E-state index contributed by atoms with van der Waals surface area (Å²) in [7, 11) is 0. The lowest BCUT2D eigenvalue weighted by Crippen LogP contribution is -2.30. The Morgan fingerprint density at radius 1 is 1.27 bits per heavy atom. The highest BCUT2D eigenvalue weighted by Gasteiger charge is 2.20. The molecule has 1 aromatic carbocycles. The summed E-state index contributed by atoms with van der Waals surface area (Å²) >= 11 is 2.97. The van der Waals surface area contributed by atoms with E-state index in [1.807, 2.05) is 48.9 Å². The molecule has 2 N–H and O–H groups in total. The molecule has 0 aliphatic carbocycles. The van der Waals surface area contributed by atoms with Gasteiger partial charge in [-0.25, -0.2) is 0 Å².